The maximum absolute atomic E-state index is 15.2. The van der Waals surface area contributed by atoms with Gasteiger partial charge in [-0.3, -0.25) is 14.6 Å². The zero-order valence-electron chi connectivity index (χ0n) is 19.2. The molecule has 0 aliphatic rings. The SMILES string of the molecule is CC(C)N(C(=O)N(C)c1c(F)cc(C#Cc2ccccc2)cc1C(F)(F)F)c1ccccc1C=O. The maximum Gasteiger partial charge on any atom is 0.418 e. The minimum atomic E-state index is -4.96. The van der Waals surface area contributed by atoms with E-state index in [-0.39, 0.29) is 16.8 Å². The van der Waals surface area contributed by atoms with Crippen molar-refractivity contribution >= 4 is 23.7 Å². The zero-order chi connectivity index (χ0) is 25.8. The quantitative estimate of drug-likeness (QED) is 0.241. The van der Waals surface area contributed by atoms with Crippen molar-refractivity contribution in [3.8, 4) is 11.8 Å². The van der Waals surface area contributed by atoms with Gasteiger partial charge in [-0.25, -0.2) is 9.18 Å². The topological polar surface area (TPSA) is 40.6 Å². The molecule has 0 atom stereocenters. The summed E-state index contributed by atoms with van der Waals surface area (Å²) in [5.74, 6) is 4.00. The molecule has 0 saturated carbocycles. The van der Waals surface area contributed by atoms with Crippen molar-refractivity contribution in [2.45, 2.75) is 26.1 Å². The fraction of sp³-hybridized carbons (Fsp3) is 0.185. The lowest BCUT2D eigenvalue weighted by molar-refractivity contribution is -0.137. The molecule has 3 aromatic rings. The predicted molar refractivity (Wildman–Crippen MR) is 127 cm³/mol. The van der Waals surface area contributed by atoms with E-state index in [0.717, 1.165) is 24.1 Å². The number of anilines is 2. The number of hydrogen-bond acceptors (Lipinski definition) is 2. The molecule has 0 N–H and O–H groups in total. The summed E-state index contributed by atoms with van der Waals surface area (Å²) in [7, 11) is 1.06. The zero-order valence-corrected chi connectivity index (χ0v) is 19.2. The van der Waals surface area contributed by atoms with E-state index in [1.165, 1.54) is 12.1 Å². The number of para-hydroxylation sites is 1. The van der Waals surface area contributed by atoms with E-state index in [4.69, 9.17) is 0 Å². The Morgan fingerprint density at radius 2 is 1.54 bits per heavy atom. The Bertz CT molecular complexity index is 1290. The Morgan fingerprint density at radius 1 is 0.943 bits per heavy atom. The third-order valence-electron chi connectivity index (χ3n) is 5.16. The normalized spacial score (nSPS) is 11.0. The molecule has 0 fully saturated rings. The number of alkyl halides is 3. The molecule has 0 aliphatic heterocycles. The number of amides is 2. The molecule has 0 heterocycles. The van der Waals surface area contributed by atoms with Crippen molar-refractivity contribution in [2.24, 2.45) is 0 Å². The second kappa shape index (κ2) is 10.4. The number of halogens is 4. The summed E-state index contributed by atoms with van der Waals surface area (Å²) in [5.41, 5.74) is -1.52. The first-order valence-corrected chi connectivity index (χ1v) is 10.6. The van der Waals surface area contributed by atoms with E-state index in [2.05, 4.69) is 11.8 Å². The van der Waals surface area contributed by atoms with Gasteiger partial charge in [0.15, 0.2) is 6.29 Å². The number of carbonyl (C=O) groups excluding carboxylic acids is 2. The summed E-state index contributed by atoms with van der Waals surface area (Å²) in [6.45, 7) is 3.27. The Hall–Kier alpha value is -4.12. The molecule has 0 saturated heterocycles. The number of nitrogens with zero attached hydrogens (tertiary/aromatic N) is 2. The van der Waals surface area contributed by atoms with Crippen molar-refractivity contribution in [2.75, 3.05) is 16.8 Å². The van der Waals surface area contributed by atoms with Crippen LogP contribution < -0.4 is 9.80 Å². The van der Waals surface area contributed by atoms with Gasteiger partial charge in [0.25, 0.3) is 0 Å². The molecule has 8 heteroatoms. The Morgan fingerprint density at radius 3 is 2.14 bits per heavy atom. The van der Waals surface area contributed by atoms with Gasteiger partial charge in [-0.15, -0.1) is 0 Å². The molecular weight excluding hydrogens is 460 g/mol. The average Bonchev–Trinajstić information content (AvgIpc) is 2.82. The molecule has 0 spiro atoms. The largest absolute Gasteiger partial charge is 0.418 e. The van der Waals surface area contributed by atoms with Gasteiger partial charge < -0.3 is 0 Å². The predicted octanol–water partition coefficient (Wildman–Crippen LogP) is 6.53. The van der Waals surface area contributed by atoms with E-state index >= 15 is 4.39 Å². The first kappa shape index (κ1) is 25.5. The minimum Gasteiger partial charge on any atom is -0.298 e. The number of hydrogen-bond donors (Lipinski definition) is 0. The Kier molecular flexibility index (Phi) is 7.60. The summed E-state index contributed by atoms with van der Waals surface area (Å²) in [6.07, 6.45) is -4.42. The Labute approximate surface area is 200 Å². The second-order valence-corrected chi connectivity index (χ2v) is 7.95. The van der Waals surface area contributed by atoms with Crippen LogP contribution >= 0.6 is 0 Å². The summed E-state index contributed by atoms with van der Waals surface area (Å²) in [6, 6.07) is 14.8. The van der Waals surface area contributed by atoms with Crippen molar-refractivity contribution in [1.29, 1.82) is 0 Å². The average molecular weight is 482 g/mol. The van der Waals surface area contributed by atoms with Crippen molar-refractivity contribution in [3.63, 3.8) is 0 Å². The van der Waals surface area contributed by atoms with E-state index in [1.54, 1.807) is 56.3 Å². The molecule has 0 radical (unpaired) electrons. The summed E-state index contributed by atoms with van der Waals surface area (Å²) in [4.78, 5) is 26.6. The van der Waals surface area contributed by atoms with Crippen LogP contribution in [0, 0.1) is 17.7 Å². The van der Waals surface area contributed by atoms with Crippen LogP contribution in [0.1, 0.15) is 40.9 Å². The van der Waals surface area contributed by atoms with Crippen LogP contribution in [0.2, 0.25) is 0 Å². The molecule has 4 nitrogen and oxygen atoms in total. The lowest BCUT2D eigenvalue weighted by atomic mass is 10.1. The van der Waals surface area contributed by atoms with Gasteiger partial charge in [-0.1, -0.05) is 42.2 Å². The summed E-state index contributed by atoms with van der Waals surface area (Å²) < 4.78 is 57.1. The fourth-order valence-corrected chi connectivity index (χ4v) is 3.56. The van der Waals surface area contributed by atoms with Gasteiger partial charge in [0.2, 0.25) is 0 Å². The van der Waals surface area contributed by atoms with Gasteiger partial charge in [-0.2, -0.15) is 13.2 Å². The lowest BCUT2D eigenvalue weighted by Crippen LogP contribution is -2.46. The molecule has 180 valence electrons. The third-order valence-corrected chi connectivity index (χ3v) is 5.16. The standard InChI is InChI=1S/C27H22F4N2O2/c1-18(2)33(24-12-8-7-11-21(24)17-34)26(35)32(3)25-22(27(29,30)31)15-20(16-23(25)28)14-13-19-9-5-4-6-10-19/h4-12,15-18H,1-3H3. The molecule has 3 rings (SSSR count). The van der Waals surface area contributed by atoms with Gasteiger partial charge >= 0.3 is 12.2 Å². The van der Waals surface area contributed by atoms with Gasteiger partial charge in [0.05, 0.1) is 16.9 Å². The van der Waals surface area contributed by atoms with Crippen molar-refractivity contribution in [3.05, 3.63) is 94.8 Å². The van der Waals surface area contributed by atoms with Crippen LogP contribution in [0.4, 0.5) is 33.7 Å². The molecule has 0 bridgehead atoms. The number of rotatable bonds is 4. The smallest absolute Gasteiger partial charge is 0.298 e. The molecule has 2 amide bonds. The van der Waals surface area contributed by atoms with E-state index in [9.17, 15) is 22.8 Å². The van der Waals surface area contributed by atoms with Gasteiger partial charge in [0.1, 0.15) is 5.82 Å². The molecule has 35 heavy (non-hydrogen) atoms. The number of urea groups is 1. The molecule has 3 aromatic carbocycles. The Balaban J connectivity index is 2.09. The van der Waals surface area contributed by atoms with Crippen LogP contribution in [-0.2, 0) is 6.18 Å². The van der Waals surface area contributed by atoms with E-state index in [1.807, 2.05) is 0 Å². The first-order valence-electron chi connectivity index (χ1n) is 10.6. The van der Waals surface area contributed by atoms with Gasteiger partial charge in [-0.05, 0) is 50.2 Å². The van der Waals surface area contributed by atoms with Crippen LogP contribution in [0.25, 0.3) is 0 Å². The number of carbonyl (C=O) groups is 2. The minimum absolute atomic E-state index is 0.172. The molecule has 0 unspecified atom stereocenters. The monoisotopic (exact) mass is 482 g/mol. The fourth-order valence-electron chi connectivity index (χ4n) is 3.56. The lowest BCUT2D eigenvalue weighted by Gasteiger charge is -2.33. The highest BCUT2D eigenvalue weighted by Gasteiger charge is 2.39. The van der Waals surface area contributed by atoms with Crippen molar-refractivity contribution in [1.82, 2.24) is 0 Å². The maximum atomic E-state index is 15.2. The number of aldehydes is 1. The van der Waals surface area contributed by atoms with Crippen LogP contribution in [0.3, 0.4) is 0 Å². The van der Waals surface area contributed by atoms with Gasteiger partial charge in [0, 0.05) is 29.8 Å². The van der Waals surface area contributed by atoms with Crippen LogP contribution in [0.15, 0.2) is 66.7 Å². The highest BCUT2D eigenvalue weighted by Crippen LogP contribution is 2.39. The highest BCUT2D eigenvalue weighted by atomic mass is 19.4. The molecule has 0 aromatic heterocycles. The van der Waals surface area contributed by atoms with Crippen LogP contribution in [-0.4, -0.2) is 25.4 Å². The number of benzene rings is 3. The molecule has 0 aliphatic carbocycles. The third kappa shape index (κ3) is 5.69. The summed E-state index contributed by atoms with van der Waals surface area (Å²) >= 11 is 0. The summed E-state index contributed by atoms with van der Waals surface area (Å²) in [5, 5.41) is 0. The van der Waals surface area contributed by atoms with Crippen LogP contribution in [0.5, 0.6) is 0 Å². The highest BCUT2D eigenvalue weighted by molar-refractivity contribution is 6.06. The van der Waals surface area contributed by atoms with Crippen molar-refractivity contribution < 1.29 is 27.2 Å². The first-order chi connectivity index (χ1) is 16.5. The van der Waals surface area contributed by atoms with E-state index in [0.29, 0.717) is 16.7 Å². The van der Waals surface area contributed by atoms with E-state index < -0.39 is 35.3 Å². The second-order valence-electron chi connectivity index (χ2n) is 7.95. The molecular formula is C27H22F4N2O2.